The highest BCUT2D eigenvalue weighted by Crippen LogP contribution is 2.48. The number of rotatable bonds is 3. The smallest absolute Gasteiger partial charge is 0.0347 e. The van der Waals surface area contributed by atoms with E-state index < -0.39 is 0 Å². The molecule has 5 aliphatic rings. The van der Waals surface area contributed by atoms with E-state index in [9.17, 15) is 0 Å². The van der Waals surface area contributed by atoms with Gasteiger partial charge in [0.05, 0.1) is 0 Å². The number of unbranched alkanes of at least 4 members (excludes halogenated alkanes) is 1. The Hall–Kier alpha value is 0. The predicted molar refractivity (Wildman–Crippen MR) is 385 cm³/mol. The molecule has 0 spiro atoms. The van der Waals surface area contributed by atoms with Crippen molar-refractivity contribution in [3.05, 3.63) is 0 Å². The Morgan fingerprint density at radius 3 is 0.722 bits per heavy atom. The summed E-state index contributed by atoms with van der Waals surface area (Å²) in [6.45, 7) is 86.5. The minimum Gasteiger partial charge on any atom is -0.0683 e. The molecular formula is C79H178. The normalized spacial score (nSPS) is 18.2. The van der Waals surface area contributed by atoms with E-state index in [1.807, 2.05) is 41.5 Å². The zero-order valence-electron chi connectivity index (χ0n) is 65.1. The van der Waals surface area contributed by atoms with Crippen molar-refractivity contribution in [2.24, 2.45) is 73.9 Å². The third-order valence-electron chi connectivity index (χ3n) is 14.4. The van der Waals surface area contributed by atoms with Crippen LogP contribution in [-0.2, 0) is 0 Å². The highest BCUT2D eigenvalue weighted by atomic mass is 14.4. The van der Waals surface area contributed by atoms with Gasteiger partial charge in [-0.2, -0.15) is 0 Å². The van der Waals surface area contributed by atoms with Gasteiger partial charge in [-0.3, -0.25) is 0 Å². The van der Waals surface area contributed by atoms with E-state index in [4.69, 9.17) is 0 Å². The van der Waals surface area contributed by atoms with Gasteiger partial charge < -0.3 is 0 Å². The van der Waals surface area contributed by atoms with Crippen LogP contribution in [0.1, 0.15) is 443 Å². The van der Waals surface area contributed by atoms with Crippen molar-refractivity contribution >= 4 is 0 Å². The first-order chi connectivity index (χ1) is 36.1. The summed E-state index contributed by atoms with van der Waals surface area (Å²) in [5, 5.41) is 0. The summed E-state index contributed by atoms with van der Waals surface area (Å²) in [4.78, 5) is 0. The van der Waals surface area contributed by atoms with Crippen LogP contribution >= 0.6 is 0 Å². The predicted octanol–water partition coefficient (Wildman–Crippen LogP) is 31.4. The zero-order valence-corrected chi connectivity index (χ0v) is 65.1. The lowest BCUT2D eigenvalue weighted by Crippen LogP contribution is -2.32. The van der Waals surface area contributed by atoms with Gasteiger partial charge in [0, 0.05) is 0 Å². The van der Waals surface area contributed by atoms with Crippen LogP contribution in [0.5, 0.6) is 0 Å². The van der Waals surface area contributed by atoms with Crippen LogP contribution in [0.2, 0.25) is 0 Å². The molecule has 5 fully saturated rings. The molecule has 0 radical (unpaired) electrons. The van der Waals surface area contributed by atoms with E-state index in [1.165, 1.54) is 173 Å². The van der Waals surface area contributed by atoms with Crippen LogP contribution in [0.25, 0.3) is 0 Å². The Morgan fingerprint density at radius 1 is 0.380 bits per heavy atom. The monoisotopic (exact) mass is 1130 g/mol. The molecular weight excluding hydrogens is 949 g/mol. The molecule has 79 heavy (non-hydrogen) atoms. The molecule has 0 aromatic heterocycles. The maximum Gasteiger partial charge on any atom is -0.0347 e. The lowest BCUT2D eigenvalue weighted by Gasteiger charge is -2.44. The largest absolute Gasteiger partial charge is 0.0683 e. The van der Waals surface area contributed by atoms with E-state index in [-0.39, 0.29) is 0 Å². The van der Waals surface area contributed by atoms with Crippen molar-refractivity contribution in [1.82, 2.24) is 0 Å². The van der Waals surface area contributed by atoms with Crippen LogP contribution < -0.4 is 0 Å². The Balaban J connectivity index is -0.0000000826. The van der Waals surface area contributed by atoms with E-state index in [0.29, 0.717) is 32.5 Å². The molecule has 0 nitrogen and oxygen atoms in total. The Kier molecular flexibility index (Phi) is 83.8. The van der Waals surface area contributed by atoms with E-state index in [2.05, 4.69) is 228 Å². The molecule has 0 saturated heterocycles. The second-order valence-corrected chi connectivity index (χ2v) is 32.1. The van der Waals surface area contributed by atoms with Crippen molar-refractivity contribution in [2.75, 3.05) is 0 Å². The highest BCUT2D eigenvalue weighted by molar-refractivity contribution is 4.87. The third-order valence-corrected chi connectivity index (χ3v) is 14.4. The van der Waals surface area contributed by atoms with Gasteiger partial charge in [-0.15, -0.1) is 0 Å². The maximum atomic E-state index is 2.41. The quantitative estimate of drug-likeness (QED) is 0.264. The van der Waals surface area contributed by atoms with Gasteiger partial charge in [0.1, 0.15) is 0 Å². The molecule has 0 atom stereocenters. The van der Waals surface area contributed by atoms with E-state index >= 15 is 0 Å². The van der Waals surface area contributed by atoms with Crippen LogP contribution in [0.15, 0.2) is 0 Å². The summed E-state index contributed by atoms with van der Waals surface area (Å²) < 4.78 is 0. The van der Waals surface area contributed by atoms with Crippen molar-refractivity contribution in [3.8, 4) is 0 Å². The summed E-state index contributed by atoms with van der Waals surface area (Å²) in [7, 11) is 0. The SMILES string of the molecule is CC.CC.CC.CC(C)(C)C.CC(C)C.CC1CC(C)(C)CC(C)(C)C1.CC1CCC(C)(C)CC1.CC1CCCC1.CC1CCCCC1.CCC.CCC(C)(C)C.CCC(C)(C)C.CCC(C)C.CCC1CCCC1.CCCC. The van der Waals surface area contributed by atoms with Gasteiger partial charge in [0.25, 0.3) is 0 Å². The average Bonchev–Trinajstić information content (AvgIpc) is 4.06. The third kappa shape index (κ3) is 121. The minimum atomic E-state index is 0.500. The summed E-state index contributed by atoms with van der Waals surface area (Å²) in [6, 6.07) is 0. The van der Waals surface area contributed by atoms with Crippen LogP contribution in [0, 0.1) is 73.9 Å². The van der Waals surface area contributed by atoms with Gasteiger partial charge in [0.2, 0.25) is 0 Å². The van der Waals surface area contributed by atoms with E-state index in [0.717, 1.165) is 41.4 Å². The van der Waals surface area contributed by atoms with Crippen LogP contribution in [0.3, 0.4) is 0 Å². The standard InChI is InChI=1S/C11H22.C9H18.2C7H14.C6H12.2C6H14.2C5H12.2C4H10.C3H8.3C2H6/c1-9-6-10(2,3)8-11(4,5)7-9;1-8-4-6-9(2,3)7-5-8;1-7-5-3-2-4-6-7;1-2-7-5-3-4-6-7;1-6-4-2-3-5-6;2*1-5-6(2,3)4;1-5(2,3)4;1-4-5(2)3;1-4(2)3;1-3-4-2;1-3-2;3*1-2/h9H,6-8H2,1-5H3;8H,4-7H2,1-3H3;2*7H,2-6H2,1H3;6H,2-5H2,1H3;2*5H2,1-4H3;1-4H3;5H,4H2,1-3H3;4H,1-3H3;3-4H2,1-2H3;3H2,1-2H3;3*1-2H3. The molecule has 5 rings (SSSR count). The highest BCUT2D eigenvalue weighted by Gasteiger charge is 2.36. The first kappa shape index (κ1) is 101. The minimum absolute atomic E-state index is 0.500. The second-order valence-electron chi connectivity index (χ2n) is 32.1. The Labute approximate surface area is 514 Å². The lowest BCUT2D eigenvalue weighted by atomic mass is 9.62. The summed E-state index contributed by atoms with van der Waals surface area (Å²) in [5.41, 5.74) is 3.41. The molecule has 0 N–H and O–H groups in total. The molecule has 0 heteroatoms. The molecule has 0 unspecified atom stereocenters. The fourth-order valence-corrected chi connectivity index (χ4v) is 8.80. The Bertz CT molecular complexity index is 961. The van der Waals surface area contributed by atoms with Gasteiger partial charge in [0.15, 0.2) is 0 Å². The first-order valence-electron chi connectivity index (χ1n) is 36.1. The zero-order chi connectivity index (χ0) is 65.1. The number of hydrogen-bond donors (Lipinski definition) is 0. The van der Waals surface area contributed by atoms with Crippen molar-refractivity contribution in [3.63, 3.8) is 0 Å². The molecule has 0 aliphatic heterocycles. The van der Waals surface area contributed by atoms with Gasteiger partial charge in [-0.25, -0.2) is 0 Å². The van der Waals surface area contributed by atoms with Gasteiger partial charge in [-0.1, -0.05) is 411 Å². The first-order valence-corrected chi connectivity index (χ1v) is 36.1. The second kappa shape index (κ2) is 65.5. The van der Waals surface area contributed by atoms with Crippen LogP contribution in [0.4, 0.5) is 0 Å². The van der Waals surface area contributed by atoms with Crippen LogP contribution in [-0.4, -0.2) is 0 Å². The number of hydrogen-bond acceptors (Lipinski definition) is 0. The maximum absolute atomic E-state index is 2.41. The fraction of sp³-hybridized carbons (Fsp3) is 1.00. The van der Waals surface area contributed by atoms with Crippen molar-refractivity contribution in [1.29, 1.82) is 0 Å². The molecule has 0 bridgehead atoms. The van der Waals surface area contributed by atoms with Crippen molar-refractivity contribution in [2.45, 2.75) is 443 Å². The van der Waals surface area contributed by atoms with Gasteiger partial charge >= 0.3 is 0 Å². The fourth-order valence-electron chi connectivity index (χ4n) is 8.80. The molecule has 5 aliphatic carbocycles. The summed E-state index contributed by atoms with van der Waals surface area (Å²) in [5.74, 6) is 6.82. The molecule has 0 amide bonds. The van der Waals surface area contributed by atoms with Crippen molar-refractivity contribution < 1.29 is 0 Å². The lowest BCUT2D eigenvalue weighted by molar-refractivity contribution is 0.0754. The molecule has 0 heterocycles. The molecule has 0 aromatic carbocycles. The van der Waals surface area contributed by atoms with Gasteiger partial charge in [-0.05, 0) is 106 Å². The Morgan fingerprint density at radius 2 is 0.595 bits per heavy atom. The molecule has 0 aromatic rings. The topological polar surface area (TPSA) is 0 Å². The molecule has 5 saturated carbocycles. The van der Waals surface area contributed by atoms with E-state index in [1.54, 1.807) is 0 Å². The summed E-state index contributed by atoms with van der Waals surface area (Å²) >= 11 is 0. The molecule has 494 valence electrons. The summed E-state index contributed by atoms with van der Waals surface area (Å²) in [6.07, 6.45) is 38.6. The average molecular weight is 1130 g/mol.